The molecule has 5 heteroatoms. The van der Waals surface area contributed by atoms with Crippen LogP contribution in [0, 0.1) is 0 Å². The van der Waals surface area contributed by atoms with Gasteiger partial charge in [0.25, 0.3) is 0 Å². The smallest absolute Gasteiger partial charge is 0.231 e. The van der Waals surface area contributed by atoms with Crippen molar-refractivity contribution in [2.24, 2.45) is 0 Å². The lowest BCUT2D eigenvalue weighted by atomic mass is 10.1. The summed E-state index contributed by atoms with van der Waals surface area (Å²) in [5.74, 6) is 1.70. The minimum Gasteiger partial charge on any atom is -0.454 e. The molecule has 1 N–H and O–H groups in total. The summed E-state index contributed by atoms with van der Waals surface area (Å²) in [6.07, 6.45) is 0.917. The molecule has 1 aromatic heterocycles. The molecule has 0 bridgehead atoms. The number of fused-ring (bicyclic) bond motifs is 2. The fraction of sp³-hybridized carbons (Fsp3) is 0.278. The first kappa shape index (κ1) is 14.5. The average Bonchev–Trinajstić information content (AvgIpc) is 3.21. The van der Waals surface area contributed by atoms with E-state index in [0.29, 0.717) is 6.79 Å². The predicted octanol–water partition coefficient (Wildman–Crippen LogP) is 3.92. The quantitative estimate of drug-likeness (QED) is 0.772. The first-order valence-electron chi connectivity index (χ1n) is 7.78. The standard InChI is InChI=1S/C18H18N2O2S/c1-12(13-6-4-7-16-18(13)22-11-21-16)19-10-9-15-14-5-2-3-8-17(14)23-20-15/h2-8,12,19H,9-11H2,1H3/t12-/m0/s1. The number of nitrogens with one attached hydrogen (secondary N) is 1. The van der Waals surface area contributed by atoms with Crippen LogP contribution in [0.3, 0.4) is 0 Å². The zero-order chi connectivity index (χ0) is 15.6. The van der Waals surface area contributed by atoms with Gasteiger partial charge in [-0.25, -0.2) is 0 Å². The molecule has 2 heterocycles. The molecule has 1 atom stereocenters. The van der Waals surface area contributed by atoms with Crippen LogP contribution in [0.15, 0.2) is 42.5 Å². The van der Waals surface area contributed by atoms with Gasteiger partial charge < -0.3 is 14.8 Å². The Bertz CT molecular complexity index is 831. The second kappa shape index (κ2) is 6.18. The van der Waals surface area contributed by atoms with Gasteiger partial charge in [0.15, 0.2) is 11.5 Å². The Balaban J connectivity index is 1.42. The number of ether oxygens (including phenoxy) is 2. The maximum atomic E-state index is 5.59. The highest BCUT2D eigenvalue weighted by Gasteiger charge is 2.20. The van der Waals surface area contributed by atoms with Crippen LogP contribution >= 0.6 is 11.5 Å². The van der Waals surface area contributed by atoms with Gasteiger partial charge in [-0.2, -0.15) is 4.37 Å². The molecule has 118 valence electrons. The van der Waals surface area contributed by atoms with E-state index in [4.69, 9.17) is 9.47 Å². The van der Waals surface area contributed by atoms with Crippen LogP contribution in [0.4, 0.5) is 0 Å². The third-order valence-electron chi connectivity index (χ3n) is 4.16. The van der Waals surface area contributed by atoms with Gasteiger partial charge in [-0.05, 0) is 30.6 Å². The topological polar surface area (TPSA) is 43.4 Å². The van der Waals surface area contributed by atoms with Crippen LogP contribution in [0.5, 0.6) is 11.5 Å². The van der Waals surface area contributed by atoms with Crippen LogP contribution < -0.4 is 14.8 Å². The lowest BCUT2D eigenvalue weighted by Gasteiger charge is -2.15. The van der Waals surface area contributed by atoms with E-state index in [-0.39, 0.29) is 6.04 Å². The summed E-state index contributed by atoms with van der Waals surface area (Å²) in [5, 5.41) is 4.83. The Kier molecular flexibility index (Phi) is 3.89. The number of hydrogen-bond acceptors (Lipinski definition) is 5. The van der Waals surface area contributed by atoms with Crippen LogP contribution in [0.1, 0.15) is 24.2 Å². The van der Waals surface area contributed by atoms with Crippen molar-refractivity contribution >= 4 is 21.6 Å². The van der Waals surface area contributed by atoms with Crippen LogP contribution in [0.25, 0.3) is 10.1 Å². The van der Waals surface area contributed by atoms with Crippen molar-refractivity contribution in [3.8, 4) is 11.5 Å². The third-order valence-corrected chi connectivity index (χ3v) is 5.02. The van der Waals surface area contributed by atoms with Crippen LogP contribution in [-0.4, -0.2) is 17.7 Å². The van der Waals surface area contributed by atoms with Crippen molar-refractivity contribution in [1.82, 2.24) is 9.69 Å². The number of rotatable bonds is 5. The molecule has 4 rings (SSSR count). The van der Waals surface area contributed by atoms with E-state index in [9.17, 15) is 0 Å². The lowest BCUT2D eigenvalue weighted by Crippen LogP contribution is -2.21. The number of hydrogen-bond donors (Lipinski definition) is 1. The molecule has 0 radical (unpaired) electrons. The molecular weight excluding hydrogens is 308 g/mol. The molecule has 0 spiro atoms. The Morgan fingerprint density at radius 3 is 3.04 bits per heavy atom. The summed E-state index contributed by atoms with van der Waals surface area (Å²) >= 11 is 1.57. The summed E-state index contributed by atoms with van der Waals surface area (Å²) in [4.78, 5) is 0. The van der Waals surface area contributed by atoms with Crippen molar-refractivity contribution in [3.63, 3.8) is 0 Å². The number of para-hydroxylation sites is 1. The van der Waals surface area contributed by atoms with E-state index in [1.165, 1.54) is 15.8 Å². The zero-order valence-corrected chi connectivity index (χ0v) is 13.7. The highest BCUT2D eigenvalue weighted by Crippen LogP contribution is 2.38. The van der Waals surface area contributed by atoms with Gasteiger partial charge in [-0.3, -0.25) is 0 Å². The predicted molar refractivity (Wildman–Crippen MR) is 92.3 cm³/mol. The van der Waals surface area contributed by atoms with Crippen LogP contribution in [-0.2, 0) is 6.42 Å². The van der Waals surface area contributed by atoms with Crippen molar-refractivity contribution in [2.75, 3.05) is 13.3 Å². The van der Waals surface area contributed by atoms with E-state index in [0.717, 1.165) is 30.0 Å². The van der Waals surface area contributed by atoms with Gasteiger partial charge in [0.1, 0.15) is 0 Å². The Labute approximate surface area is 139 Å². The van der Waals surface area contributed by atoms with E-state index in [1.807, 2.05) is 12.1 Å². The second-order valence-electron chi connectivity index (χ2n) is 5.63. The summed E-state index contributed by atoms with van der Waals surface area (Å²) < 4.78 is 16.9. The van der Waals surface area contributed by atoms with Crippen molar-refractivity contribution in [1.29, 1.82) is 0 Å². The summed E-state index contributed by atoms with van der Waals surface area (Å²) in [5.41, 5.74) is 2.31. The molecule has 0 fully saturated rings. The normalized spacial score (nSPS) is 14.3. The van der Waals surface area contributed by atoms with Gasteiger partial charge in [-0.1, -0.05) is 30.3 Å². The molecule has 4 nitrogen and oxygen atoms in total. The maximum absolute atomic E-state index is 5.59. The van der Waals surface area contributed by atoms with Crippen molar-refractivity contribution < 1.29 is 9.47 Å². The van der Waals surface area contributed by atoms with Crippen LogP contribution in [0.2, 0.25) is 0 Å². The molecular formula is C18H18N2O2S. The fourth-order valence-corrected chi connectivity index (χ4v) is 3.75. The highest BCUT2D eigenvalue weighted by molar-refractivity contribution is 7.13. The molecule has 0 amide bonds. The summed E-state index contributed by atoms with van der Waals surface area (Å²) in [6.45, 7) is 3.33. The first-order valence-corrected chi connectivity index (χ1v) is 8.55. The molecule has 0 saturated heterocycles. The van der Waals surface area contributed by atoms with E-state index < -0.39 is 0 Å². The SMILES string of the molecule is C[C@H](NCCc1nsc2ccccc12)c1cccc2c1OCO2. The Morgan fingerprint density at radius 1 is 1.17 bits per heavy atom. The van der Waals surface area contributed by atoms with Gasteiger partial charge >= 0.3 is 0 Å². The molecule has 23 heavy (non-hydrogen) atoms. The van der Waals surface area contributed by atoms with Gasteiger partial charge in [-0.15, -0.1) is 0 Å². The molecule has 2 aromatic carbocycles. The van der Waals surface area contributed by atoms with E-state index in [2.05, 4.69) is 46.9 Å². The first-order chi connectivity index (χ1) is 11.3. The van der Waals surface area contributed by atoms with Gasteiger partial charge in [0, 0.05) is 30.0 Å². The lowest BCUT2D eigenvalue weighted by molar-refractivity contribution is 0.173. The van der Waals surface area contributed by atoms with Crippen molar-refractivity contribution in [2.45, 2.75) is 19.4 Å². The summed E-state index contributed by atoms with van der Waals surface area (Å²) in [7, 11) is 0. The molecule has 1 aliphatic heterocycles. The second-order valence-corrected chi connectivity index (χ2v) is 6.44. The van der Waals surface area contributed by atoms with E-state index in [1.54, 1.807) is 11.5 Å². The van der Waals surface area contributed by atoms with E-state index >= 15 is 0 Å². The number of aromatic nitrogens is 1. The Morgan fingerprint density at radius 2 is 2.09 bits per heavy atom. The number of benzene rings is 2. The molecule has 0 saturated carbocycles. The summed E-state index contributed by atoms with van der Waals surface area (Å²) in [6, 6.07) is 14.6. The largest absolute Gasteiger partial charge is 0.454 e. The molecule has 0 aliphatic carbocycles. The Hall–Kier alpha value is -2.11. The number of nitrogens with zero attached hydrogens (tertiary/aromatic N) is 1. The van der Waals surface area contributed by atoms with Crippen molar-refractivity contribution in [3.05, 3.63) is 53.7 Å². The maximum Gasteiger partial charge on any atom is 0.231 e. The third kappa shape index (κ3) is 2.78. The molecule has 3 aromatic rings. The van der Waals surface area contributed by atoms with Gasteiger partial charge in [0.05, 0.1) is 10.4 Å². The highest BCUT2D eigenvalue weighted by atomic mass is 32.1. The fourth-order valence-electron chi connectivity index (χ4n) is 2.93. The minimum atomic E-state index is 0.205. The van der Waals surface area contributed by atoms with Gasteiger partial charge in [0.2, 0.25) is 6.79 Å². The average molecular weight is 326 g/mol. The zero-order valence-electron chi connectivity index (χ0n) is 12.9. The molecule has 1 aliphatic rings. The minimum absolute atomic E-state index is 0.205. The monoisotopic (exact) mass is 326 g/mol. The molecule has 0 unspecified atom stereocenters.